The number of alkyl halides is 3. The molecular weight excluding hydrogens is 405 g/mol. The molecule has 0 N–H and O–H groups in total. The lowest BCUT2D eigenvalue weighted by molar-refractivity contribution is -0.137. The number of pyridine rings is 1. The fourth-order valence-corrected chi connectivity index (χ4v) is 3.25. The van der Waals surface area contributed by atoms with E-state index in [-0.39, 0.29) is 5.91 Å². The van der Waals surface area contributed by atoms with Crippen LogP contribution in [0.25, 0.3) is 16.6 Å². The molecule has 31 heavy (non-hydrogen) atoms. The van der Waals surface area contributed by atoms with Crippen LogP contribution in [0, 0.1) is 11.3 Å². The van der Waals surface area contributed by atoms with Gasteiger partial charge in [-0.25, -0.2) is 4.52 Å². The first-order chi connectivity index (χ1) is 14.8. The number of amides is 1. The van der Waals surface area contributed by atoms with Crippen LogP contribution in [-0.2, 0) is 6.18 Å². The minimum atomic E-state index is -4.41. The van der Waals surface area contributed by atoms with Crippen molar-refractivity contribution in [2.45, 2.75) is 6.18 Å². The summed E-state index contributed by atoms with van der Waals surface area (Å²) in [5, 5.41) is 13.1. The van der Waals surface area contributed by atoms with E-state index < -0.39 is 11.7 Å². The number of halogens is 3. The molecule has 0 fully saturated rings. The molecule has 1 amide bonds. The number of aromatic nitrogens is 2. The molecule has 2 aromatic heterocycles. The summed E-state index contributed by atoms with van der Waals surface area (Å²) in [7, 11) is 1.63. The highest BCUT2D eigenvalue weighted by Gasteiger charge is 2.30. The zero-order valence-electron chi connectivity index (χ0n) is 16.3. The Kier molecular flexibility index (Phi) is 4.95. The second-order valence-electron chi connectivity index (χ2n) is 6.90. The topological polar surface area (TPSA) is 61.4 Å². The van der Waals surface area contributed by atoms with E-state index in [1.807, 2.05) is 6.07 Å². The number of hydrogen-bond donors (Lipinski definition) is 0. The van der Waals surface area contributed by atoms with E-state index in [1.165, 1.54) is 17.0 Å². The van der Waals surface area contributed by atoms with Gasteiger partial charge in [0.2, 0.25) is 0 Å². The van der Waals surface area contributed by atoms with Gasteiger partial charge >= 0.3 is 6.18 Å². The number of carbonyl (C=O) groups is 1. The summed E-state index contributed by atoms with van der Waals surface area (Å²) in [5.74, 6) is -0.272. The Labute approximate surface area is 175 Å². The number of nitrogens with zero attached hydrogens (tertiary/aromatic N) is 4. The summed E-state index contributed by atoms with van der Waals surface area (Å²) in [6.07, 6.45) is -1.23. The fourth-order valence-electron chi connectivity index (χ4n) is 3.25. The SMILES string of the molecule is CN(C(=O)c1ccn2ncc(-c3ccc(C(F)(F)F)cc3)c2c1)c1ccc(C#N)cc1. The third kappa shape index (κ3) is 3.85. The summed E-state index contributed by atoms with van der Waals surface area (Å²) in [6, 6.07) is 16.7. The third-order valence-corrected chi connectivity index (χ3v) is 4.98. The monoisotopic (exact) mass is 420 g/mol. The maximum atomic E-state index is 13.0. The third-order valence-electron chi connectivity index (χ3n) is 4.98. The predicted octanol–water partition coefficient (Wildman–Crippen LogP) is 5.17. The molecule has 2 aromatic carbocycles. The average Bonchev–Trinajstić information content (AvgIpc) is 3.21. The summed E-state index contributed by atoms with van der Waals surface area (Å²) in [5.41, 5.74) is 2.56. The van der Waals surface area contributed by atoms with Gasteiger partial charge in [0.25, 0.3) is 5.91 Å². The van der Waals surface area contributed by atoms with Gasteiger partial charge in [-0.15, -0.1) is 0 Å². The lowest BCUT2D eigenvalue weighted by Crippen LogP contribution is -2.26. The molecule has 154 valence electrons. The number of rotatable bonds is 3. The zero-order valence-corrected chi connectivity index (χ0v) is 16.3. The van der Waals surface area contributed by atoms with Crippen LogP contribution in [0.3, 0.4) is 0 Å². The molecule has 0 aliphatic carbocycles. The fraction of sp³-hybridized carbons (Fsp3) is 0.0870. The molecule has 0 bridgehead atoms. The standard InChI is InChI=1S/C23H15F3N4O/c1-29(19-8-2-15(13-27)3-9-19)22(31)17-10-11-30-21(12-17)20(14-28-30)16-4-6-18(7-5-16)23(24,25)26/h2-12,14H,1H3. The largest absolute Gasteiger partial charge is 0.416 e. The molecule has 0 saturated heterocycles. The van der Waals surface area contributed by atoms with E-state index >= 15 is 0 Å². The van der Waals surface area contributed by atoms with E-state index in [0.717, 1.165) is 12.1 Å². The highest BCUT2D eigenvalue weighted by atomic mass is 19.4. The van der Waals surface area contributed by atoms with Crippen molar-refractivity contribution < 1.29 is 18.0 Å². The number of nitriles is 1. The van der Waals surface area contributed by atoms with Gasteiger partial charge < -0.3 is 4.90 Å². The van der Waals surface area contributed by atoms with Crippen LogP contribution in [0.1, 0.15) is 21.5 Å². The van der Waals surface area contributed by atoms with Gasteiger partial charge in [0.05, 0.1) is 28.9 Å². The minimum Gasteiger partial charge on any atom is -0.311 e. The first-order valence-corrected chi connectivity index (χ1v) is 9.21. The van der Waals surface area contributed by atoms with Crippen molar-refractivity contribution in [2.24, 2.45) is 0 Å². The highest BCUT2D eigenvalue weighted by Crippen LogP contribution is 2.32. The lowest BCUT2D eigenvalue weighted by atomic mass is 10.0. The Morgan fingerprint density at radius 1 is 1.06 bits per heavy atom. The van der Waals surface area contributed by atoms with Crippen LogP contribution in [0.5, 0.6) is 0 Å². The van der Waals surface area contributed by atoms with Crippen molar-refractivity contribution in [1.82, 2.24) is 9.61 Å². The zero-order chi connectivity index (χ0) is 22.2. The molecule has 0 saturated carbocycles. The molecule has 0 radical (unpaired) electrons. The molecule has 0 atom stereocenters. The number of benzene rings is 2. The maximum absolute atomic E-state index is 13.0. The molecule has 4 aromatic rings. The van der Waals surface area contributed by atoms with Gasteiger partial charge in [0.15, 0.2) is 0 Å². The van der Waals surface area contributed by atoms with Crippen LogP contribution < -0.4 is 4.90 Å². The molecule has 2 heterocycles. The molecular formula is C23H15F3N4O. The number of hydrogen-bond acceptors (Lipinski definition) is 3. The first kappa shape index (κ1) is 20.2. The number of anilines is 1. The molecule has 5 nitrogen and oxygen atoms in total. The molecule has 0 aliphatic rings. The van der Waals surface area contributed by atoms with Crippen molar-refractivity contribution >= 4 is 17.1 Å². The molecule has 8 heteroatoms. The molecule has 0 aliphatic heterocycles. The second-order valence-corrected chi connectivity index (χ2v) is 6.90. The maximum Gasteiger partial charge on any atom is 0.416 e. The average molecular weight is 420 g/mol. The van der Waals surface area contributed by atoms with Crippen LogP contribution in [0.2, 0.25) is 0 Å². The van der Waals surface area contributed by atoms with Crippen LogP contribution in [-0.4, -0.2) is 22.6 Å². The molecule has 0 unspecified atom stereocenters. The van der Waals surface area contributed by atoms with Crippen molar-refractivity contribution in [2.75, 3.05) is 11.9 Å². The van der Waals surface area contributed by atoms with E-state index in [0.29, 0.717) is 33.5 Å². The van der Waals surface area contributed by atoms with Crippen molar-refractivity contribution in [3.8, 4) is 17.2 Å². The number of carbonyl (C=O) groups excluding carboxylic acids is 1. The van der Waals surface area contributed by atoms with Crippen molar-refractivity contribution in [1.29, 1.82) is 5.26 Å². The summed E-state index contributed by atoms with van der Waals surface area (Å²) >= 11 is 0. The van der Waals surface area contributed by atoms with Gasteiger partial charge in [-0.1, -0.05) is 12.1 Å². The Morgan fingerprint density at radius 3 is 2.35 bits per heavy atom. The Hall–Kier alpha value is -4.12. The summed E-state index contributed by atoms with van der Waals surface area (Å²) < 4.78 is 40.1. The second kappa shape index (κ2) is 7.61. The van der Waals surface area contributed by atoms with E-state index in [9.17, 15) is 18.0 Å². The minimum absolute atomic E-state index is 0.272. The van der Waals surface area contributed by atoms with Crippen molar-refractivity contribution in [3.63, 3.8) is 0 Å². The van der Waals surface area contributed by atoms with Crippen LogP contribution in [0.4, 0.5) is 18.9 Å². The van der Waals surface area contributed by atoms with Crippen LogP contribution in [0.15, 0.2) is 73.1 Å². The van der Waals surface area contributed by atoms with E-state index in [1.54, 1.807) is 60.4 Å². The lowest BCUT2D eigenvalue weighted by Gasteiger charge is -2.17. The number of fused-ring (bicyclic) bond motifs is 1. The quantitative estimate of drug-likeness (QED) is 0.460. The van der Waals surface area contributed by atoms with Crippen molar-refractivity contribution in [3.05, 3.63) is 89.7 Å². The first-order valence-electron chi connectivity index (χ1n) is 9.21. The summed E-state index contributed by atoms with van der Waals surface area (Å²) in [6.45, 7) is 0. The predicted molar refractivity (Wildman–Crippen MR) is 110 cm³/mol. The Morgan fingerprint density at radius 2 is 1.74 bits per heavy atom. The van der Waals surface area contributed by atoms with Crippen LogP contribution >= 0.6 is 0 Å². The van der Waals surface area contributed by atoms with Gasteiger partial charge in [-0.3, -0.25) is 4.79 Å². The molecule has 0 spiro atoms. The highest BCUT2D eigenvalue weighted by molar-refractivity contribution is 6.06. The normalized spacial score (nSPS) is 11.3. The smallest absolute Gasteiger partial charge is 0.311 e. The van der Waals surface area contributed by atoms with E-state index in [2.05, 4.69) is 5.10 Å². The van der Waals surface area contributed by atoms with Gasteiger partial charge in [-0.2, -0.15) is 23.5 Å². The van der Waals surface area contributed by atoms with E-state index in [4.69, 9.17) is 5.26 Å². The molecule has 4 rings (SSSR count). The van der Waals surface area contributed by atoms with Gasteiger partial charge in [-0.05, 0) is 54.1 Å². The Bertz CT molecular complexity index is 1300. The summed E-state index contributed by atoms with van der Waals surface area (Å²) in [4.78, 5) is 14.4. The van der Waals surface area contributed by atoms with Gasteiger partial charge in [0.1, 0.15) is 0 Å². The Balaban J connectivity index is 1.67. The van der Waals surface area contributed by atoms with Gasteiger partial charge in [0, 0.05) is 30.1 Å².